The van der Waals surface area contributed by atoms with Crippen molar-refractivity contribution in [3.63, 3.8) is 0 Å². The number of likely N-dealkylation sites (tertiary alicyclic amines) is 1. The number of nitrogens with one attached hydrogen (secondary N) is 2. The van der Waals surface area contributed by atoms with Crippen LogP contribution in [0.5, 0.6) is 0 Å². The maximum Gasteiger partial charge on any atom is 0.191 e. The predicted octanol–water partition coefficient (Wildman–Crippen LogP) is 2.99. The normalized spacial score (nSPS) is 32.1. The summed E-state index contributed by atoms with van der Waals surface area (Å²) >= 11 is 0. The number of guanidine groups is 1. The molecule has 1 saturated carbocycles. The second-order valence-electron chi connectivity index (χ2n) is 9.39. The van der Waals surface area contributed by atoms with E-state index in [2.05, 4.69) is 48.2 Å². The van der Waals surface area contributed by atoms with Crippen molar-refractivity contribution in [2.75, 3.05) is 32.4 Å². The fourth-order valence-corrected chi connectivity index (χ4v) is 6.06. The van der Waals surface area contributed by atoms with Crippen LogP contribution >= 0.6 is 0 Å². The van der Waals surface area contributed by atoms with Crippen LogP contribution in [0.15, 0.2) is 4.99 Å². The molecular formula is C21H42N4OS. The van der Waals surface area contributed by atoms with E-state index in [9.17, 15) is 4.21 Å². The van der Waals surface area contributed by atoms with E-state index in [0.717, 1.165) is 55.8 Å². The third kappa shape index (κ3) is 6.74. The van der Waals surface area contributed by atoms with Crippen molar-refractivity contribution in [2.45, 2.75) is 83.6 Å². The van der Waals surface area contributed by atoms with Gasteiger partial charge in [0.1, 0.15) is 0 Å². The average Bonchev–Trinajstić information content (AvgIpc) is 2.63. The lowest BCUT2D eigenvalue weighted by molar-refractivity contribution is 0.0483. The minimum Gasteiger partial charge on any atom is -0.355 e. The Morgan fingerprint density at radius 3 is 2.44 bits per heavy atom. The zero-order valence-electron chi connectivity index (χ0n) is 18.4. The van der Waals surface area contributed by atoms with Crippen LogP contribution in [0.25, 0.3) is 0 Å². The Morgan fingerprint density at radius 2 is 1.85 bits per heavy atom. The van der Waals surface area contributed by atoms with Gasteiger partial charge in [0.2, 0.25) is 0 Å². The highest BCUT2D eigenvalue weighted by Crippen LogP contribution is 2.27. The number of hydrogen-bond donors (Lipinski definition) is 2. The number of rotatable bonds is 6. The van der Waals surface area contributed by atoms with E-state index < -0.39 is 10.8 Å². The number of aliphatic imine (C=N–C) groups is 1. The van der Waals surface area contributed by atoms with Crippen LogP contribution in [0.2, 0.25) is 0 Å². The molecule has 0 spiro atoms. The monoisotopic (exact) mass is 398 g/mol. The summed E-state index contributed by atoms with van der Waals surface area (Å²) in [6, 6.07) is 0.378. The van der Waals surface area contributed by atoms with E-state index in [-0.39, 0.29) is 5.54 Å². The summed E-state index contributed by atoms with van der Waals surface area (Å²) in [7, 11) is 1.16. The first-order chi connectivity index (χ1) is 12.7. The van der Waals surface area contributed by atoms with Crippen molar-refractivity contribution in [1.82, 2.24) is 15.5 Å². The fourth-order valence-electron chi connectivity index (χ4n) is 4.71. The molecule has 0 aromatic carbocycles. The topological polar surface area (TPSA) is 56.7 Å². The van der Waals surface area contributed by atoms with Gasteiger partial charge in [0.15, 0.2) is 5.96 Å². The second-order valence-corrected chi connectivity index (χ2v) is 11.4. The molecule has 0 aromatic rings. The van der Waals surface area contributed by atoms with E-state index in [1.165, 1.54) is 19.5 Å². The third-order valence-corrected chi connectivity index (χ3v) is 8.00. The molecule has 1 saturated heterocycles. The summed E-state index contributed by atoms with van der Waals surface area (Å²) in [4.78, 5) is 7.08. The molecule has 5 atom stereocenters. The Kier molecular flexibility index (Phi) is 8.60. The molecule has 5 nitrogen and oxygen atoms in total. The van der Waals surface area contributed by atoms with Gasteiger partial charge >= 0.3 is 0 Å². The van der Waals surface area contributed by atoms with Gasteiger partial charge in [-0.2, -0.15) is 0 Å². The van der Waals surface area contributed by atoms with E-state index in [0.29, 0.717) is 11.3 Å². The Hall–Kier alpha value is -0.620. The van der Waals surface area contributed by atoms with Crippen molar-refractivity contribution < 1.29 is 4.21 Å². The smallest absolute Gasteiger partial charge is 0.191 e. The molecule has 2 fully saturated rings. The zero-order chi connectivity index (χ0) is 20.0. The summed E-state index contributed by atoms with van der Waals surface area (Å²) in [6.07, 6.45) is 5.72. The van der Waals surface area contributed by atoms with Gasteiger partial charge in [-0.15, -0.1) is 0 Å². The largest absolute Gasteiger partial charge is 0.355 e. The highest BCUT2D eigenvalue weighted by atomic mass is 32.2. The van der Waals surface area contributed by atoms with Crippen molar-refractivity contribution in [2.24, 2.45) is 16.8 Å². The number of piperidine rings is 1. The second kappa shape index (κ2) is 10.2. The van der Waals surface area contributed by atoms with Gasteiger partial charge < -0.3 is 10.6 Å². The minimum atomic E-state index is -0.686. The Morgan fingerprint density at radius 1 is 1.19 bits per heavy atom. The molecule has 1 aliphatic heterocycles. The van der Waals surface area contributed by atoms with Gasteiger partial charge in [0, 0.05) is 60.1 Å². The van der Waals surface area contributed by atoms with Crippen LogP contribution < -0.4 is 10.6 Å². The quantitative estimate of drug-likeness (QED) is 0.533. The molecule has 2 rings (SSSR count). The highest BCUT2D eigenvalue weighted by Gasteiger charge is 2.33. The molecule has 0 aromatic heterocycles. The van der Waals surface area contributed by atoms with Crippen molar-refractivity contribution in [1.29, 1.82) is 0 Å². The van der Waals surface area contributed by atoms with Gasteiger partial charge in [-0.1, -0.05) is 27.2 Å². The molecule has 5 unspecified atom stereocenters. The first kappa shape index (κ1) is 22.7. The minimum absolute atomic E-state index is 0.0966. The zero-order valence-corrected chi connectivity index (χ0v) is 19.2. The standard InChI is InChI=1S/C21H42N4OS/c1-7-27(26)19-10-8-9-18(12-19)24-20(22-6)23-15-21(4,5)25-13-16(2)11-17(3)14-25/h16-19H,7-15H2,1-6H3,(H2,22,23,24). The molecule has 158 valence electrons. The van der Waals surface area contributed by atoms with Crippen LogP contribution in [-0.4, -0.2) is 64.3 Å². The number of nitrogens with zero attached hydrogens (tertiary/aromatic N) is 2. The number of hydrogen-bond acceptors (Lipinski definition) is 3. The average molecular weight is 399 g/mol. The fraction of sp³-hybridized carbons (Fsp3) is 0.952. The van der Waals surface area contributed by atoms with Gasteiger partial charge in [-0.05, 0) is 51.4 Å². The van der Waals surface area contributed by atoms with Gasteiger partial charge in [-0.25, -0.2) is 0 Å². The van der Waals surface area contributed by atoms with Crippen LogP contribution in [-0.2, 0) is 10.8 Å². The molecule has 1 heterocycles. The maximum absolute atomic E-state index is 12.2. The van der Waals surface area contributed by atoms with Crippen LogP contribution in [0.1, 0.15) is 66.7 Å². The van der Waals surface area contributed by atoms with Crippen molar-refractivity contribution >= 4 is 16.8 Å². The predicted molar refractivity (Wildman–Crippen MR) is 118 cm³/mol. The summed E-state index contributed by atoms with van der Waals surface area (Å²) in [5.74, 6) is 3.19. The molecule has 0 amide bonds. The van der Waals surface area contributed by atoms with Crippen LogP contribution in [0, 0.1) is 11.8 Å². The Bertz CT molecular complexity index is 512. The molecular weight excluding hydrogens is 356 g/mol. The maximum atomic E-state index is 12.2. The molecule has 2 N–H and O–H groups in total. The van der Waals surface area contributed by atoms with Crippen molar-refractivity contribution in [3.8, 4) is 0 Å². The molecule has 0 radical (unpaired) electrons. The summed E-state index contributed by atoms with van der Waals surface area (Å²) < 4.78 is 12.2. The first-order valence-corrected chi connectivity index (χ1v) is 12.2. The van der Waals surface area contributed by atoms with E-state index in [4.69, 9.17) is 0 Å². The van der Waals surface area contributed by atoms with Crippen molar-refractivity contribution in [3.05, 3.63) is 0 Å². The molecule has 6 heteroatoms. The van der Waals surface area contributed by atoms with Gasteiger partial charge in [-0.3, -0.25) is 14.1 Å². The lowest BCUT2D eigenvalue weighted by Crippen LogP contribution is -2.58. The molecule has 2 aliphatic rings. The van der Waals surface area contributed by atoms with Crippen LogP contribution in [0.3, 0.4) is 0 Å². The lowest BCUT2D eigenvalue weighted by Gasteiger charge is -2.45. The highest BCUT2D eigenvalue weighted by molar-refractivity contribution is 7.85. The Labute approximate surface area is 169 Å². The summed E-state index contributed by atoms with van der Waals surface area (Å²) in [5, 5.41) is 7.50. The summed E-state index contributed by atoms with van der Waals surface area (Å²) in [6.45, 7) is 14.7. The summed E-state index contributed by atoms with van der Waals surface area (Å²) in [5.41, 5.74) is 0.0966. The van der Waals surface area contributed by atoms with E-state index >= 15 is 0 Å². The SMILES string of the molecule is CCS(=O)C1CCCC(NC(=NC)NCC(C)(C)N2CC(C)CC(C)C2)C1. The van der Waals surface area contributed by atoms with E-state index in [1.807, 2.05) is 14.0 Å². The Balaban J connectivity index is 1.86. The van der Waals surface area contributed by atoms with E-state index in [1.54, 1.807) is 0 Å². The van der Waals surface area contributed by atoms with Crippen LogP contribution in [0.4, 0.5) is 0 Å². The third-order valence-electron chi connectivity index (χ3n) is 6.26. The lowest BCUT2D eigenvalue weighted by atomic mass is 9.88. The first-order valence-electron chi connectivity index (χ1n) is 10.8. The molecule has 27 heavy (non-hydrogen) atoms. The van der Waals surface area contributed by atoms with Gasteiger partial charge in [0.25, 0.3) is 0 Å². The molecule has 1 aliphatic carbocycles. The van der Waals surface area contributed by atoms with Gasteiger partial charge in [0.05, 0.1) is 0 Å². The molecule has 0 bridgehead atoms.